The summed E-state index contributed by atoms with van der Waals surface area (Å²) in [5, 5.41) is 5.78. The molecule has 1 aliphatic heterocycles. The molecule has 1 aliphatic carbocycles. The number of carbonyl (C=O) groups is 4. The van der Waals surface area contributed by atoms with Crippen molar-refractivity contribution in [3.63, 3.8) is 0 Å². The number of hydrogen-bond donors (Lipinski definition) is 2. The van der Waals surface area contributed by atoms with E-state index in [0.29, 0.717) is 23.6 Å². The van der Waals surface area contributed by atoms with Gasteiger partial charge in [0.2, 0.25) is 0 Å². The molecular formula is C20H24ClN3O5. The summed E-state index contributed by atoms with van der Waals surface area (Å²) >= 11 is 5.99. The Hall–Kier alpha value is -2.61. The van der Waals surface area contributed by atoms with Crippen molar-refractivity contribution in [2.24, 2.45) is 0 Å². The van der Waals surface area contributed by atoms with Crippen LogP contribution in [0, 0.1) is 0 Å². The van der Waals surface area contributed by atoms with Crippen molar-refractivity contribution in [3.05, 3.63) is 29.3 Å². The molecule has 1 aromatic carbocycles. The largest absolute Gasteiger partial charge is 0.453 e. The minimum Gasteiger partial charge on any atom is -0.453 e. The van der Waals surface area contributed by atoms with Crippen molar-refractivity contribution >= 4 is 41.1 Å². The molecule has 2 fully saturated rings. The molecule has 156 valence electrons. The summed E-state index contributed by atoms with van der Waals surface area (Å²) < 4.78 is 5.14. The van der Waals surface area contributed by atoms with Crippen molar-refractivity contribution in [1.82, 2.24) is 10.2 Å². The molecule has 1 atom stereocenters. The molecule has 1 heterocycles. The van der Waals surface area contributed by atoms with Crippen molar-refractivity contribution in [3.8, 4) is 0 Å². The lowest BCUT2D eigenvalue weighted by Gasteiger charge is -2.20. The summed E-state index contributed by atoms with van der Waals surface area (Å²) in [6, 6.07) is 6.34. The fourth-order valence-corrected chi connectivity index (χ4v) is 3.87. The number of imide groups is 1. The first-order chi connectivity index (χ1) is 13.8. The van der Waals surface area contributed by atoms with Gasteiger partial charge >= 0.3 is 12.0 Å². The Balaban J connectivity index is 1.43. The van der Waals surface area contributed by atoms with Gasteiger partial charge < -0.3 is 15.4 Å². The van der Waals surface area contributed by atoms with E-state index in [2.05, 4.69) is 10.6 Å². The standard InChI is InChI=1S/C20H24ClN3O5/c1-13(17(26)22-15-8-3-2-7-14(15)21)29-16(25)9-6-12-24-18(27)20(23-19(24)28)10-4-5-11-20/h2-3,7-8,13H,4-6,9-12H2,1H3,(H,22,26)(H,23,28)/t13-/m0/s1. The van der Waals surface area contributed by atoms with Crippen LogP contribution in [0.4, 0.5) is 10.5 Å². The topological polar surface area (TPSA) is 105 Å². The Kier molecular flexibility index (Phi) is 6.42. The summed E-state index contributed by atoms with van der Waals surface area (Å²) in [5.41, 5.74) is -0.315. The molecule has 29 heavy (non-hydrogen) atoms. The summed E-state index contributed by atoms with van der Waals surface area (Å²) in [7, 11) is 0. The number of benzene rings is 1. The zero-order chi connectivity index (χ0) is 21.0. The molecule has 1 spiro atoms. The van der Waals surface area contributed by atoms with Crippen molar-refractivity contribution in [2.45, 2.75) is 57.1 Å². The predicted octanol–water partition coefficient (Wildman–Crippen LogP) is 2.86. The lowest BCUT2D eigenvalue weighted by molar-refractivity contribution is -0.153. The summed E-state index contributed by atoms with van der Waals surface area (Å²) in [5.74, 6) is -1.28. The average molecular weight is 422 g/mol. The highest BCUT2D eigenvalue weighted by molar-refractivity contribution is 6.33. The van der Waals surface area contributed by atoms with E-state index < -0.39 is 29.6 Å². The molecular weight excluding hydrogens is 398 g/mol. The van der Waals surface area contributed by atoms with Gasteiger partial charge in [0, 0.05) is 13.0 Å². The lowest BCUT2D eigenvalue weighted by atomic mass is 9.98. The van der Waals surface area contributed by atoms with Gasteiger partial charge in [-0.25, -0.2) is 4.79 Å². The van der Waals surface area contributed by atoms with Crippen LogP contribution in [-0.4, -0.2) is 46.9 Å². The number of anilines is 1. The van der Waals surface area contributed by atoms with Crippen LogP contribution in [0.2, 0.25) is 5.02 Å². The van der Waals surface area contributed by atoms with E-state index in [0.717, 1.165) is 12.8 Å². The maximum Gasteiger partial charge on any atom is 0.325 e. The fraction of sp³-hybridized carbons (Fsp3) is 0.500. The molecule has 1 saturated carbocycles. The van der Waals surface area contributed by atoms with Crippen LogP contribution in [0.3, 0.4) is 0 Å². The van der Waals surface area contributed by atoms with Gasteiger partial charge in [0.1, 0.15) is 5.54 Å². The van der Waals surface area contributed by atoms with E-state index in [-0.39, 0.29) is 25.3 Å². The van der Waals surface area contributed by atoms with E-state index in [9.17, 15) is 19.2 Å². The minimum atomic E-state index is -1.00. The van der Waals surface area contributed by atoms with Gasteiger partial charge in [0.05, 0.1) is 10.7 Å². The number of carbonyl (C=O) groups excluding carboxylic acids is 4. The highest BCUT2D eigenvalue weighted by Gasteiger charge is 2.52. The Labute approximate surface area is 173 Å². The second-order valence-corrected chi connectivity index (χ2v) is 7.79. The van der Waals surface area contributed by atoms with E-state index in [1.165, 1.54) is 11.8 Å². The van der Waals surface area contributed by atoms with Crippen LogP contribution in [0.1, 0.15) is 45.4 Å². The zero-order valence-electron chi connectivity index (χ0n) is 16.2. The molecule has 9 heteroatoms. The van der Waals surface area contributed by atoms with Gasteiger partial charge in [-0.3, -0.25) is 19.3 Å². The quantitative estimate of drug-likeness (QED) is 0.520. The second kappa shape index (κ2) is 8.82. The second-order valence-electron chi connectivity index (χ2n) is 7.38. The monoisotopic (exact) mass is 421 g/mol. The molecule has 0 bridgehead atoms. The summed E-state index contributed by atoms with van der Waals surface area (Å²) in [6.45, 7) is 1.60. The number of rotatable bonds is 7. The van der Waals surface area contributed by atoms with Gasteiger partial charge in [0.15, 0.2) is 6.10 Å². The third-order valence-corrected chi connectivity index (χ3v) is 5.60. The normalized spacial score (nSPS) is 18.6. The van der Waals surface area contributed by atoms with Crippen LogP contribution in [0.5, 0.6) is 0 Å². The Morgan fingerprint density at radius 3 is 2.66 bits per heavy atom. The molecule has 0 radical (unpaired) electrons. The molecule has 2 aliphatic rings. The van der Waals surface area contributed by atoms with E-state index >= 15 is 0 Å². The number of nitrogens with zero attached hydrogens (tertiary/aromatic N) is 1. The Bertz CT molecular complexity index is 822. The zero-order valence-corrected chi connectivity index (χ0v) is 17.0. The molecule has 3 rings (SSSR count). The average Bonchev–Trinajstić information content (AvgIpc) is 3.24. The number of para-hydroxylation sites is 1. The van der Waals surface area contributed by atoms with Gasteiger partial charge in [-0.05, 0) is 38.3 Å². The molecule has 8 nitrogen and oxygen atoms in total. The van der Waals surface area contributed by atoms with Crippen LogP contribution >= 0.6 is 11.6 Å². The molecule has 2 N–H and O–H groups in total. The Morgan fingerprint density at radius 1 is 1.28 bits per heavy atom. The molecule has 0 aromatic heterocycles. The first-order valence-electron chi connectivity index (χ1n) is 9.71. The highest BCUT2D eigenvalue weighted by Crippen LogP contribution is 2.35. The number of amides is 4. The Morgan fingerprint density at radius 2 is 1.97 bits per heavy atom. The maximum atomic E-state index is 12.5. The number of nitrogens with one attached hydrogen (secondary N) is 2. The SMILES string of the molecule is C[C@H](OC(=O)CCCN1C(=O)NC2(CCCC2)C1=O)C(=O)Nc1ccccc1Cl. The van der Waals surface area contributed by atoms with Gasteiger partial charge in [-0.2, -0.15) is 0 Å². The smallest absolute Gasteiger partial charge is 0.325 e. The molecule has 4 amide bonds. The number of urea groups is 1. The molecule has 0 unspecified atom stereocenters. The van der Waals surface area contributed by atoms with Crippen molar-refractivity contribution < 1.29 is 23.9 Å². The van der Waals surface area contributed by atoms with Crippen LogP contribution < -0.4 is 10.6 Å². The van der Waals surface area contributed by atoms with Crippen molar-refractivity contribution in [1.29, 1.82) is 0 Å². The predicted molar refractivity (Wildman–Crippen MR) is 106 cm³/mol. The van der Waals surface area contributed by atoms with Gasteiger partial charge in [-0.1, -0.05) is 36.6 Å². The highest BCUT2D eigenvalue weighted by atomic mass is 35.5. The van der Waals surface area contributed by atoms with Gasteiger partial charge in [0.25, 0.3) is 11.8 Å². The summed E-state index contributed by atoms with van der Waals surface area (Å²) in [4.78, 5) is 50.0. The number of halogens is 1. The first-order valence-corrected chi connectivity index (χ1v) is 10.1. The third-order valence-electron chi connectivity index (χ3n) is 5.27. The first kappa shape index (κ1) is 21.1. The van der Waals surface area contributed by atoms with Gasteiger partial charge in [-0.15, -0.1) is 0 Å². The number of ether oxygens (including phenoxy) is 1. The fourth-order valence-electron chi connectivity index (χ4n) is 3.68. The lowest BCUT2D eigenvalue weighted by Crippen LogP contribution is -2.44. The number of esters is 1. The molecule has 1 saturated heterocycles. The van der Waals surface area contributed by atoms with Crippen molar-refractivity contribution in [2.75, 3.05) is 11.9 Å². The number of hydrogen-bond acceptors (Lipinski definition) is 5. The van der Waals surface area contributed by atoms with Crippen LogP contribution in [0.15, 0.2) is 24.3 Å². The third kappa shape index (κ3) is 4.70. The molecule has 1 aromatic rings. The maximum absolute atomic E-state index is 12.5. The van der Waals surface area contributed by atoms with E-state index in [1.54, 1.807) is 24.3 Å². The van der Waals surface area contributed by atoms with Crippen LogP contribution in [0.25, 0.3) is 0 Å². The van der Waals surface area contributed by atoms with E-state index in [4.69, 9.17) is 16.3 Å². The summed E-state index contributed by atoms with van der Waals surface area (Å²) in [6.07, 6.45) is 2.42. The minimum absolute atomic E-state index is 0.00618. The van der Waals surface area contributed by atoms with Crippen LogP contribution in [-0.2, 0) is 19.1 Å². The van der Waals surface area contributed by atoms with E-state index in [1.807, 2.05) is 0 Å².